The monoisotopic (exact) mass is 1400 g/mol. The molecule has 12 nitrogen and oxygen atoms in total. The van der Waals surface area contributed by atoms with E-state index in [2.05, 4.69) is 13.2 Å². The lowest BCUT2D eigenvalue weighted by molar-refractivity contribution is -0.257. The molecule has 0 aromatic heterocycles. The summed E-state index contributed by atoms with van der Waals surface area (Å²) in [6.45, 7) is 13.1. The smallest absolute Gasteiger partial charge is 0.380 e. The highest BCUT2D eigenvalue weighted by atomic mass is 32.2. The largest absolute Gasteiger partial charge is 0.494 e. The third-order valence-electron chi connectivity index (χ3n) is 18.2. The molecule has 20 heteroatoms. The number of rotatable bonds is 38. The van der Waals surface area contributed by atoms with Crippen molar-refractivity contribution < 1.29 is 83.4 Å². The molecule has 2 aliphatic carbocycles. The van der Waals surface area contributed by atoms with Crippen molar-refractivity contribution in [3.8, 4) is 45.3 Å². The minimum absolute atomic E-state index is 0.0470. The Labute approximate surface area is 582 Å². The number of benzene rings is 6. The van der Waals surface area contributed by atoms with Crippen molar-refractivity contribution >= 4 is 58.5 Å². The van der Waals surface area contributed by atoms with Gasteiger partial charge in [-0.3, -0.25) is 0 Å². The van der Waals surface area contributed by atoms with Crippen molar-refractivity contribution in [2.75, 3.05) is 52.9 Å². The zero-order valence-electron chi connectivity index (χ0n) is 55.7. The Hall–Kier alpha value is -8.36. The van der Waals surface area contributed by atoms with E-state index >= 15 is 26.3 Å². The standard InChI is InChI=1S/C79H82F6O12S2/c1-5-67(86)94-47-19-11-7-15-43-90-59-33-23-53(24-34-59)55-27-37-61(38-28-55)92-45-17-9-13-21-49-96-73(88)57-31-41-63-65(51-57)98-75(3)69(63)71-72(78(82,83)79(84,85)77(71,80)81)70-64-42-32-58(52-66(64)99-76(70,75)4)74(89)97-50-22-14-10-18-46-93-62-39-29-56(30-40-62)54-25-35-60(36-26-54)91-44-16-8-12-20-48-95-68(87)6-2/h5-6,23-42,51-52H,1-2,7-22,43-50H2,3-4H3. The zero-order chi connectivity index (χ0) is 70.2. The summed E-state index contributed by atoms with van der Waals surface area (Å²) in [5, 5.41) is 0. The van der Waals surface area contributed by atoms with Gasteiger partial charge in [0.05, 0.1) is 73.5 Å². The van der Waals surface area contributed by atoms with Crippen molar-refractivity contribution in [3.05, 3.63) is 192 Å². The SMILES string of the molecule is C=CC(=O)OCCCCCCOc1ccc(-c2ccc(OCCCCCCOC(=O)c3ccc4c(c3)SC3(C)C4=C4C(=C5c6ccc(C(=O)OCCCCCCOc7ccc(-c8ccc(OCCCCCCOC(=O)C=C)cc8)cc7)cc6SC53C)C(F)(F)C(F)(F)C4(F)F)cc2)cc1. The number of thioether (sulfide) groups is 2. The van der Waals surface area contributed by atoms with E-state index in [0.29, 0.717) is 52.5 Å². The van der Waals surface area contributed by atoms with E-state index in [4.69, 9.17) is 37.9 Å². The van der Waals surface area contributed by atoms with Crippen LogP contribution in [0.5, 0.6) is 23.0 Å². The van der Waals surface area contributed by atoms with E-state index in [1.54, 1.807) is 13.8 Å². The van der Waals surface area contributed by atoms with Crippen molar-refractivity contribution in [1.82, 2.24) is 0 Å². The minimum Gasteiger partial charge on any atom is -0.494 e. The molecule has 0 bridgehead atoms. The van der Waals surface area contributed by atoms with Crippen LogP contribution in [0.2, 0.25) is 0 Å². The van der Waals surface area contributed by atoms with Crippen molar-refractivity contribution in [2.24, 2.45) is 0 Å². The second-order valence-corrected chi connectivity index (χ2v) is 28.0. The fraction of sp³-hybridized carbons (Fsp3) is 0.392. The fourth-order valence-corrected chi connectivity index (χ4v) is 16.0. The molecule has 99 heavy (non-hydrogen) atoms. The summed E-state index contributed by atoms with van der Waals surface area (Å²) in [6, 6.07) is 39.8. The molecule has 2 aliphatic heterocycles. The molecule has 524 valence electrons. The van der Waals surface area contributed by atoms with Crippen LogP contribution in [0.1, 0.15) is 148 Å². The van der Waals surface area contributed by atoms with E-state index in [0.717, 1.165) is 171 Å². The lowest BCUT2D eigenvalue weighted by Gasteiger charge is -2.47. The number of carbonyl (C=O) groups is 4. The maximum absolute atomic E-state index is 16.4. The van der Waals surface area contributed by atoms with E-state index < -0.39 is 62.3 Å². The van der Waals surface area contributed by atoms with E-state index in [9.17, 15) is 19.2 Å². The number of hydrogen-bond acceptors (Lipinski definition) is 14. The molecule has 0 amide bonds. The maximum atomic E-state index is 16.4. The Bertz CT molecular complexity index is 3660. The molecule has 0 radical (unpaired) electrons. The predicted molar refractivity (Wildman–Crippen MR) is 373 cm³/mol. The molecule has 6 aromatic carbocycles. The highest BCUT2D eigenvalue weighted by Crippen LogP contribution is 2.78. The highest BCUT2D eigenvalue weighted by Gasteiger charge is 2.85. The topological polar surface area (TPSA) is 142 Å². The zero-order valence-corrected chi connectivity index (χ0v) is 57.4. The van der Waals surface area contributed by atoms with Gasteiger partial charge < -0.3 is 37.9 Å². The van der Waals surface area contributed by atoms with Crippen LogP contribution in [0.15, 0.2) is 180 Å². The number of ether oxygens (including phenoxy) is 8. The van der Waals surface area contributed by atoms with Gasteiger partial charge in [-0.15, -0.1) is 23.5 Å². The predicted octanol–water partition coefficient (Wildman–Crippen LogP) is 19.8. The van der Waals surface area contributed by atoms with Crippen LogP contribution in [0.25, 0.3) is 33.4 Å². The second kappa shape index (κ2) is 33.2. The minimum atomic E-state index is -5.78. The molecule has 2 unspecified atom stereocenters. The first kappa shape index (κ1) is 73.4. The third-order valence-corrected chi connectivity index (χ3v) is 21.5. The van der Waals surface area contributed by atoms with Crippen LogP contribution in [-0.4, -0.2) is 104 Å². The maximum Gasteiger partial charge on any atom is 0.380 e. The van der Waals surface area contributed by atoms with Gasteiger partial charge in [0.15, 0.2) is 0 Å². The Morgan fingerprint density at radius 2 is 0.616 bits per heavy atom. The third kappa shape index (κ3) is 16.8. The quantitative estimate of drug-likeness (QED) is 0.0119. The average Bonchev–Trinajstić information content (AvgIpc) is 1.48. The number of unbranched alkanes of at least 4 members (excludes halogenated alkanes) is 12. The van der Waals surface area contributed by atoms with Gasteiger partial charge in [0, 0.05) is 33.1 Å². The first-order valence-electron chi connectivity index (χ1n) is 33.9. The van der Waals surface area contributed by atoms with Gasteiger partial charge in [-0.1, -0.05) is 73.8 Å². The van der Waals surface area contributed by atoms with Crippen LogP contribution in [0.4, 0.5) is 26.3 Å². The molecule has 2 atom stereocenters. The molecule has 6 aromatic rings. The fourth-order valence-electron chi connectivity index (χ4n) is 12.7. The summed E-state index contributed by atoms with van der Waals surface area (Å²) >= 11 is 2.09. The van der Waals surface area contributed by atoms with Crippen LogP contribution >= 0.6 is 23.5 Å². The van der Waals surface area contributed by atoms with Gasteiger partial charge in [-0.2, -0.15) is 26.3 Å². The molecule has 2 heterocycles. The summed E-state index contributed by atoms with van der Waals surface area (Å²) in [7, 11) is 0. The number of carbonyl (C=O) groups excluding carboxylic acids is 4. The second-order valence-electron chi connectivity index (χ2n) is 25.1. The summed E-state index contributed by atoms with van der Waals surface area (Å²) in [5.41, 5.74) is 0.858. The van der Waals surface area contributed by atoms with Gasteiger partial charge in [-0.05, 0) is 234 Å². The number of alkyl halides is 6. The number of esters is 4. The number of halogens is 6. The average molecular weight is 1400 g/mol. The molecule has 1 fully saturated rings. The summed E-state index contributed by atoms with van der Waals surface area (Å²) in [6.07, 6.45) is 15.2. The Balaban J connectivity index is 0.650. The molecular formula is C79H82F6O12S2. The summed E-state index contributed by atoms with van der Waals surface area (Å²) < 4.78 is 139. The first-order valence-corrected chi connectivity index (χ1v) is 35.5. The number of fused-ring (bicyclic) bond motifs is 8. The van der Waals surface area contributed by atoms with Gasteiger partial charge in [0.25, 0.3) is 0 Å². The molecule has 1 saturated carbocycles. The van der Waals surface area contributed by atoms with E-state index in [1.165, 1.54) is 36.4 Å². The molecule has 10 rings (SSSR count). The lowest BCUT2D eigenvalue weighted by Crippen LogP contribution is -2.47. The van der Waals surface area contributed by atoms with Crippen LogP contribution in [0.3, 0.4) is 0 Å². The van der Waals surface area contributed by atoms with E-state index in [-0.39, 0.29) is 56.4 Å². The van der Waals surface area contributed by atoms with Crippen LogP contribution < -0.4 is 18.9 Å². The Morgan fingerprint density at radius 1 is 0.354 bits per heavy atom. The van der Waals surface area contributed by atoms with Crippen LogP contribution in [-0.2, 0) is 28.5 Å². The first-order chi connectivity index (χ1) is 47.7. The molecule has 0 spiro atoms. The number of hydrogen-bond donors (Lipinski definition) is 0. The van der Waals surface area contributed by atoms with Gasteiger partial charge in [0.2, 0.25) is 0 Å². The summed E-state index contributed by atoms with van der Waals surface area (Å²) in [4.78, 5) is 49.8. The normalized spacial score (nSPS) is 17.9. The van der Waals surface area contributed by atoms with Gasteiger partial charge in [0.1, 0.15) is 23.0 Å². The van der Waals surface area contributed by atoms with Crippen molar-refractivity contribution in [2.45, 2.75) is 154 Å². The lowest BCUT2D eigenvalue weighted by atomic mass is 9.68. The van der Waals surface area contributed by atoms with Crippen LogP contribution in [0, 0.1) is 0 Å². The molecule has 4 aliphatic rings. The van der Waals surface area contributed by atoms with Crippen molar-refractivity contribution in [1.29, 1.82) is 0 Å². The Morgan fingerprint density at radius 3 is 0.889 bits per heavy atom. The highest BCUT2D eigenvalue weighted by molar-refractivity contribution is 8.06. The number of allylic oxidation sites excluding steroid dienone is 2. The Kier molecular flexibility index (Phi) is 24.6. The summed E-state index contributed by atoms with van der Waals surface area (Å²) in [5.74, 6) is -15.5. The van der Waals surface area contributed by atoms with Crippen molar-refractivity contribution in [3.63, 3.8) is 0 Å². The van der Waals surface area contributed by atoms with Gasteiger partial charge >= 0.3 is 41.6 Å². The van der Waals surface area contributed by atoms with E-state index in [1.807, 2.05) is 97.1 Å². The molecule has 0 N–H and O–H groups in total. The van der Waals surface area contributed by atoms with Gasteiger partial charge in [-0.25, -0.2) is 19.2 Å². The molecular weight excluding hydrogens is 1320 g/mol. The molecule has 0 saturated heterocycles.